The second kappa shape index (κ2) is 23.2. The summed E-state index contributed by atoms with van der Waals surface area (Å²) < 4.78 is 42.5. The molecule has 5 atom stereocenters. The Balaban J connectivity index is 0.000000161. The molecule has 11 rings (SSSR count). The van der Waals surface area contributed by atoms with Crippen LogP contribution in [0.3, 0.4) is 0 Å². The van der Waals surface area contributed by atoms with E-state index < -0.39 is 0 Å². The lowest BCUT2D eigenvalue weighted by Gasteiger charge is -2.39. The van der Waals surface area contributed by atoms with Crippen molar-refractivity contribution in [2.24, 2.45) is 17.8 Å². The van der Waals surface area contributed by atoms with Gasteiger partial charge in [0.15, 0.2) is 0 Å². The van der Waals surface area contributed by atoms with Crippen LogP contribution in [0.2, 0.25) is 0 Å². The fraction of sp³-hybridized carbons (Fsp3) is 0.593. The summed E-state index contributed by atoms with van der Waals surface area (Å²) in [4.78, 5) is 2.79. The Bertz CT molecular complexity index is 2180. The molecule has 0 spiro atoms. The Morgan fingerprint density at radius 3 is 1.46 bits per heavy atom. The predicted octanol–water partition coefficient (Wildman–Crippen LogP) is 11.5. The van der Waals surface area contributed by atoms with Crippen molar-refractivity contribution in [3.63, 3.8) is 0 Å². The third-order valence-electron chi connectivity index (χ3n) is 16.2. The maximum absolute atomic E-state index is 6.53. The molecule has 2 saturated carbocycles. The third kappa shape index (κ3) is 12.4. The van der Waals surface area contributed by atoms with E-state index in [9.17, 15) is 0 Å². The van der Waals surface area contributed by atoms with Crippen molar-refractivity contribution >= 4 is 0 Å². The molecular weight excluding hydrogens is 849 g/mol. The summed E-state index contributed by atoms with van der Waals surface area (Å²) >= 11 is 0. The van der Waals surface area contributed by atoms with E-state index in [0.29, 0.717) is 42.0 Å². The van der Waals surface area contributed by atoms with E-state index in [4.69, 9.17) is 33.2 Å². The molecule has 366 valence electrons. The molecule has 5 fully saturated rings. The van der Waals surface area contributed by atoms with Gasteiger partial charge in [-0.05, 0) is 198 Å². The molecule has 5 unspecified atom stereocenters. The molecule has 1 N–H and O–H groups in total. The van der Waals surface area contributed by atoms with Crippen LogP contribution in [-0.2, 0) is 27.1 Å². The number of hydrogen-bond donors (Lipinski definition) is 1. The summed E-state index contributed by atoms with van der Waals surface area (Å²) in [5, 5.41) is 3.76. The number of ether oxygens (including phenoxy) is 7. The molecule has 7 aliphatic rings. The monoisotopic (exact) mass is 927 g/mol. The molecule has 3 saturated heterocycles. The van der Waals surface area contributed by atoms with Gasteiger partial charge in [-0.25, -0.2) is 0 Å². The van der Waals surface area contributed by atoms with Crippen LogP contribution < -0.4 is 24.3 Å². The third-order valence-corrected chi connectivity index (χ3v) is 16.2. The molecule has 9 heteroatoms. The van der Waals surface area contributed by atoms with Crippen molar-refractivity contribution in [3.8, 4) is 23.0 Å². The van der Waals surface area contributed by atoms with Gasteiger partial charge in [0.2, 0.25) is 0 Å². The van der Waals surface area contributed by atoms with Crippen LogP contribution in [0.25, 0.3) is 0 Å². The summed E-state index contributed by atoms with van der Waals surface area (Å²) in [5.74, 6) is 6.11. The van der Waals surface area contributed by atoms with Gasteiger partial charge in [-0.15, -0.1) is 0 Å². The molecule has 68 heavy (non-hydrogen) atoms. The van der Waals surface area contributed by atoms with Crippen molar-refractivity contribution in [1.29, 1.82) is 0 Å². The van der Waals surface area contributed by atoms with Gasteiger partial charge in [0, 0.05) is 51.5 Å². The first-order valence-electron chi connectivity index (χ1n) is 26.7. The Labute approximate surface area is 406 Å². The lowest BCUT2D eigenvalue weighted by atomic mass is 9.90. The topological polar surface area (TPSA) is 79.9 Å². The summed E-state index contributed by atoms with van der Waals surface area (Å²) in [7, 11) is 0. The average Bonchev–Trinajstić information content (AvgIpc) is 4.21. The second-order valence-electron chi connectivity index (χ2n) is 21.2. The number of hydrogen-bond acceptors (Lipinski definition) is 9. The largest absolute Gasteiger partial charge is 0.490 e. The van der Waals surface area contributed by atoms with E-state index in [2.05, 4.69) is 109 Å². The van der Waals surface area contributed by atoms with Gasteiger partial charge in [0.25, 0.3) is 0 Å². The zero-order valence-electron chi connectivity index (χ0n) is 41.1. The van der Waals surface area contributed by atoms with E-state index in [-0.39, 0.29) is 12.2 Å². The molecule has 0 aromatic heterocycles. The fourth-order valence-electron chi connectivity index (χ4n) is 12.1. The minimum absolute atomic E-state index is 0.144. The van der Waals surface area contributed by atoms with Crippen molar-refractivity contribution in [1.82, 2.24) is 10.2 Å². The van der Waals surface area contributed by atoms with E-state index in [1.54, 1.807) is 0 Å². The summed E-state index contributed by atoms with van der Waals surface area (Å²) in [6.45, 7) is 13.4. The lowest BCUT2D eigenvalue weighted by Crippen LogP contribution is -2.45. The van der Waals surface area contributed by atoms with Crippen LogP contribution in [0.15, 0.2) is 84.9 Å². The van der Waals surface area contributed by atoms with Gasteiger partial charge in [0.05, 0.1) is 32.0 Å². The maximum Gasteiger partial charge on any atom is 0.124 e. The van der Waals surface area contributed by atoms with Crippen molar-refractivity contribution in [2.45, 2.75) is 147 Å². The number of aryl methyl sites for hydroxylation is 4. The lowest BCUT2D eigenvalue weighted by molar-refractivity contribution is 0.0633. The van der Waals surface area contributed by atoms with Crippen LogP contribution in [0, 0.1) is 31.6 Å². The van der Waals surface area contributed by atoms with Gasteiger partial charge in [0.1, 0.15) is 35.2 Å². The van der Waals surface area contributed by atoms with Gasteiger partial charge in [-0.3, -0.25) is 4.90 Å². The average molecular weight is 927 g/mol. The first-order valence-corrected chi connectivity index (χ1v) is 26.7. The smallest absolute Gasteiger partial charge is 0.124 e. The number of rotatable bonds is 14. The zero-order chi connectivity index (χ0) is 46.1. The Morgan fingerprint density at radius 1 is 0.515 bits per heavy atom. The fourth-order valence-corrected chi connectivity index (χ4v) is 12.1. The molecule has 4 aromatic rings. The van der Waals surface area contributed by atoms with Gasteiger partial charge in [-0.1, -0.05) is 48.5 Å². The van der Waals surface area contributed by atoms with E-state index in [1.807, 2.05) is 0 Å². The highest BCUT2D eigenvalue weighted by Gasteiger charge is 2.33. The Hall–Kier alpha value is -4.12. The molecule has 5 heterocycles. The van der Waals surface area contributed by atoms with Gasteiger partial charge in [-0.2, -0.15) is 0 Å². The number of nitrogens with one attached hydrogen (secondary N) is 1. The summed E-state index contributed by atoms with van der Waals surface area (Å²) in [6, 6.07) is 31.3. The van der Waals surface area contributed by atoms with Gasteiger partial charge >= 0.3 is 0 Å². The van der Waals surface area contributed by atoms with Crippen LogP contribution in [-0.4, -0.2) is 88.5 Å². The molecule has 0 radical (unpaired) electrons. The molecule has 2 aliphatic carbocycles. The SMILES string of the molecule is Cc1ccccc1C1CCc2cc(OC3CCC(N(CC4CCOC4)CC4CCOC4)CC3)ccc2O1.Cc1ccccc1C1CCc2cc(OC3CCC(NCC4CCOC4)CC3)ccc2O1. The summed E-state index contributed by atoms with van der Waals surface area (Å²) in [5.41, 5.74) is 7.77. The minimum Gasteiger partial charge on any atom is -0.490 e. The van der Waals surface area contributed by atoms with Crippen LogP contribution >= 0.6 is 0 Å². The maximum atomic E-state index is 6.53. The first-order chi connectivity index (χ1) is 33.5. The molecule has 4 aromatic carbocycles. The molecule has 9 nitrogen and oxygen atoms in total. The molecule has 0 amide bonds. The summed E-state index contributed by atoms with van der Waals surface area (Å²) in [6.07, 6.45) is 18.0. The highest BCUT2D eigenvalue weighted by atomic mass is 16.5. The van der Waals surface area contributed by atoms with E-state index in [1.165, 1.54) is 91.4 Å². The van der Waals surface area contributed by atoms with Crippen LogP contribution in [0.5, 0.6) is 23.0 Å². The standard InChI is InChI=1S/C32H43NO4.C27H35NO3/c1-23-4-2-3-5-30(23)32-12-6-26-18-29(11-13-31(26)37-32)36-28-9-7-27(8-10-28)33(19-24-14-16-34-21-24)20-25-15-17-35-22-25;1-19-4-2-3-5-25(19)27-12-6-21-16-24(11-13-26(21)31-27)30-23-9-7-22(8-10-23)28-17-20-14-15-29-18-20/h2-5,11,13,18,24-25,27-28,32H,6-10,12,14-17,19-22H2,1H3;2-5,11,13,16,20,22-23,27-28H,6-10,12,14-15,17-18H2,1H3. The minimum atomic E-state index is 0.144. The molecule has 5 aliphatic heterocycles. The van der Waals surface area contributed by atoms with Crippen molar-refractivity contribution in [3.05, 3.63) is 118 Å². The van der Waals surface area contributed by atoms with Crippen LogP contribution in [0.1, 0.15) is 129 Å². The Morgan fingerprint density at radius 2 is 0.985 bits per heavy atom. The molecule has 0 bridgehead atoms. The predicted molar refractivity (Wildman–Crippen MR) is 268 cm³/mol. The number of nitrogens with zero attached hydrogens (tertiary/aromatic N) is 1. The first kappa shape index (κ1) is 47.6. The van der Waals surface area contributed by atoms with Crippen LogP contribution in [0.4, 0.5) is 0 Å². The Kier molecular flexibility index (Phi) is 16.2. The van der Waals surface area contributed by atoms with E-state index in [0.717, 1.165) is 121 Å². The second-order valence-corrected chi connectivity index (χ2v) is 21.2. The zero-order valence-corrected chi connectivity index (χ0v) is 41.1. The van der Waals surface area contributed by atoms with Crippen molar-refractivity contribution in [2.75, 3.05) is 59.3 Å². The quantitative estimate of drug-likeness (QED) is 0.133. The highest BCUT2D eigenvalue weighted by molar-refractivity contribution is 5.44. The number of fused-ring (bicyclic) bond motifs is 2. The number of benzene rings is 4. The highest BCUT2D eigenvalue weighted by Crippen LogP contribution is 2.40. The molecular formula is C59H78N2O7. The van der Waals surface area contributed by atoms with E-state index >= 15 is 0 Å². The normalized spacial score (nSPS) is 29.0. The van der Waals surface area contributed by atoms with Crippen molar-refractivity contribution < 1.29 is 33.2 Å². The van der Waals surface area contributed by atoms with Gasteiger partial charge < -0.3 is 38.5 Å².